The third-order valence-electron chi connectivity index (χ3n) is 4.06. The second kappa shape index (κ2) is 7.83. The number of carbonyl (C=O) groups excluding carboxylic acids is 1. The fraction of sp³-hybridized carbons (Fsp3) is 0.412. The van der Waals surface area contributed by atoms with Gasteiger partial charge >= 0.3 is 0 Å². The third-order valence-corrected chi connectivity index (χ3v) is 4.80. The summed E-state index contributed by atoms with van der Waals surface area (Å²) in [4.78, 5) is 16.3. The molecule has 1 aliphatic rings. The van der Waals surface area contributed by atoms with Crippen molar-refractivity contribution in [3.05, 3.63) is 42.2 Å². The van der Waals surface area contributed by atoms with Gasteiger partial charge in [-0.05, 0) is 30.5 Å². The van der Waals surface area contributed by atoms with Crippen LogP contribution in [0.5, 0.6) is 0 Å². The second-order valence-corrected chi connectivity index (χ2v) is 6.60. The second-order valence-electron chi connectivity index (χ2n) is 5.72. The first-order valence-electron chi connectivity index (χ1n) is 7.92. The largest absolute Gasteiger partial charge is 0.379 e. The summed E-state index contributed by atoms with van der Waals surface area (Å²) in [5, 5.41) is 7.25. The molecule has 1 fully saturated rings. The molecule has 0 aliphatic carbocycles. The van der Waals surface area contributed by atoms with Gasteiger partial charge in [-0.2, -0.15) is 5.10 Å². The summed E-state index contributed by atoms with van der Waals surface area (Å²) >= 11 is 1.68. The highest BCUT2D eigenvalue weighted by Crippen LogP contribution is 2.24. The Morgan fingerprint density at radius 3 is 2.58 bits per heavy atom. The van der Waals surface area contributed by atoms with Crippen molar-refractivity contribution in [3.8, 4) is 0 Å². The van der Waals surface area contributed by atoms with E-state index in [1.54, 1.807) is 22.6 Å². The van der Waals surface area contributed by atoms with Gasteiger partial charge in [-0.1, -0.05) is 0 Å². The molecule has 7 heteroatoms. The van der Waals surface area contributed by atoms with E-state index in [1.807, 2.05) is 43.8 Å². The SMILES string of the molecule is CSc1ccc(NC(=O)C(c2cnn(C)c2)N2CCOCC2)cc1. The van der Waals surface area contributed by atoms with Crippen LogP contribution < -0.4 is 5.32 Å². The fourth-order valence-electron chi connectivity index (χ4n) is 2.83. The van der Waals surface area contributed by atoms with Crippen LogP contribution in [-0.4, -0.2) is 53.1 Å². The van der Waals surface area contributed by atoms with Crippen molar-refractivity contribution in [3.63, 3.8) is 0 Å². The Balaban J connectivity index is 1.79. The molecule has 0 saturated carbocycles. The molecule has 1 N–H and O–H groups in total. The first-order valence-corrected chi connectivity index (χ1v) is 9.15. The van der Waals surface area contributed by atoms with Gasteiger partial charge in [0.05, 0.1) is 19.4 Å². The Labute approximate surface area is 146 Å². The number of nitrogens with one attached hydrogen (secondary N) is 1. The lowest BCUT2D eigenvalue weighted by atomic mass is 10.1. The number of benzene rings is 1. The topological polar surface area (TPSA) is 59.4 Å². The minimum Gasteiger partial charge on any atom is -0.379 e. The van der Waals surface area contributed by atoms with Gasteiger partial charge in [0.15, 0.2) is 0 Å². The number of anilines is 1. The van der Waals surface area contributed by atoms with Gasteiger partial charge in [-0.25, -0.2) is 0 Å². The molecule has 1 aromatic carbocycles. The molecular formula is C17H22N4O2S. The summed E-state index contributed by atoms with van der Waals surface area (Å²) in [5.74, 6) is -0.0400. The normalized spacial score (nSPS) is 16.8. The molecule has 128 valence electrons. The van der Waals surface area contributed by atoms with Crippen molar-refractivity contribution in [2.75, 3.05) is 37.9 Å². The maximum absolute atomic E-state index is 12.9. The van der Waals surface area contributed by atoms with E-state index in [0.717, 1.165) is 24.3 Å². The number of rotatable bonds is 5. The molecule has 1 atom stereocenters. The van der Waals surface area contributed by atoms with Crippen LogP contribution in [-0.2, 0) is 16.6 Å². The van der Waals surface area contributed by atoms with E-state index >= 15 is 0 Å². The van der Waals surface area contributed by atoms with Crippen LogP contribution in [0.1, 0.15) is 11.6 Å². The van der Waals surface area contributed by atoms with Crippen molar-refractivity contribution in [1.29, 1.82) is 0 Å². The standard InChI is InChI=1S/C17H22N4O2S/c1-20-12-13(11-18-20)16(21-7-9-23-10-8-21)17(22)19-14-3-5-15(24-2)6-4-14/h3-6,11-12,16H,7-10H2,1-2H3,(H,19,22). The summed E-state index contributed by atoms with van der Waals surface area (Å²) in [5.41, 5.74) is 1.71. The number of morpholine rings is 1. The van der Waals surface area contributed by atoms with E-state index in [9.17, 15) is 4.79 Å². The number of carbonyl (C=O) groups is 1. The Morgan fingerprint density at radius 1 is 1.29 bits per heavy atom. The zero-order valence-electron chi connectivity index (χ0n) is 13.9. The Hall–Kier alpha value is -1.83. The van der Waals surface area contributed by atoms with Crippen LogP contribution in [0.4, 0.5) is 5.69 Å². The molecule has 1 aromatic heterocycles. The summed E-state index contributed by atoms with van der Waals surface area (Å²) in [6, 6.07) is 7.53. The molecule has 0 bridgehead atoms. The number of aryl methyl sites for hydroxylation is 1. The number of hydrogen-bond donors (Lipinski definition) is 1. The van der Waals surface area contributed by atoms with Gasteiger partial charge in [0.25, 0.3) is 0 Å². The highest BCUT2D eigenvalue weighted by Gasteiger charge is 2.30. The highest BCUT2D eigenvalue weighted by molar-refractivity contribution is 7.98. The average molecular weight is 346 g/mol. The van der Waals surface area contributed by atoms with E-state index in [0.29, 0.717) is 13.2 Å². The Morgan fingerprint density at radius 2 is 2.00 bits per heavy atom. The minimum absolute atomic E-state index is 0.0400. The van der Waals surface area contributed by atoms with Gasteiger partial charge in [0.2, 0.25) is 5.91 Å². The number of ether oxygens (including phenoxy) is 1. The monoisotopic (exact) mass is 346 g/mol. The van der Waals surface area contributed by atoms with Gasteiger partial charge in [-0.15, -0.1) is 11.8 Å². The van der Waals surface area contributed by atoms with Crippen LogP contribution in [0.15, 0.2) is 41.6 Å². The molecule has 6 nitrogen and oxygen atoms in total. The Kier molecular flexibility index (Phi) is 5.55. The predicted octanol–water partition coefficient (Wildman–Crippen LogP) is 2.15. The molecule has 1 aliphatic heterocycles. The fourth-order valence-corrected chi connectivity index (χ4v) is 3.24. The highest BCUT2D eigenvalue weighted by atomic mass is 32.2. The smallest absolute Gasteiger partial charge is 0.246 e. The van der Waals surface area contributed by atoms with E-state index in [4.69, 9.17) is 4.74 Å². The summed E-state index contributed by atoms with van der Waals surface area (Å²) < 4.78 is 7.14. The first-order chi connectivity index (χ1) is 11.7. The predicted molar refractivity (Wildman–Crippen MR) is 95.2 cm³/mol. The van der Waals surface area contributed by atoms with Crippen molar-refractivity contribution < 1.29 is 9.53 Å². The maximum atomic E-state index is 12.9. The number of hydrogen-bond acceptors (Lipinski definition) is 5. The maximum Gasteiger partial charge on any atom is 0.246 e. The average Bonchev–Trinajstić information content (AvgIpc) is 3.02. The number of nitrogens with zero attached hydrogens (tertiary/aromatic N) is 3. The van der Waals surface area contributed by atoms with E-state index in [-0.39, 0.29) is 11.9 Å². The molecule has 0 spiro atoms. The van der Waals surface area contributed by atoms with E-state index in [1.165, 1.54) is 4.90 Å². The summed E-state index contributed by atoms with van der Waals surface area (Å²) in [6.45, 7) is 2.76. The van der Waals surface area contributed by atoms with E-state index in [2.05, 4.69) is 15.3 Å². The van der Waals surface area contributed by atoms with Crippen molar-refractivity contribution >= 4 is 23.4 Å². The molecular weight excluding hydrogens is 324 g/mol. The molecule has 24 heavy (non-hydrogen) atoms. The van der Waals surface area contributed by atoms with Gasteiger partial charge in [0.1, 0.15) is 6.04 Å². The number of thioether (sulfide) groups is 1. The number of amides is 1. The van der Waals surface area contributed by atoms with Crippen LogP contribution in [0.25, 0.3) is 0 Å². The van der Waals surface area contributed by atoms with Crippen LogP contribution in [0.3, 0.4) is 0 Å². The van der Waals surface area contributed by atoms with Crippen molar-refractivity contribution in [2.45, 2.75) is 10.9 Å². The zero-order chi connectivity index (χ0) is 16.9. The quantitative estimate of drug-likeness (QED) is 0.841. The van der Waals surface area contributed by atoms with Crippen LogP contribution >= 0.6 is 11.8 Å². The third kappa shape index (κ3) is 3.98. The lowest BCUT2D eigenvalue weighted by Crippen LogP contribution is -2.43. The molecule has 0 radical (unpaired) electrons. The first kappa shape index (κ1) is 17.0. The zero-order valence-corrected chi connectivity index (χ0v) is 14.8. The summed E-state index contributed by atoms with van der Waals surface area (Å²) in [7, 11) is 1.86. The van der Waals surface area contributed by atoms with E-state index < -0.39 is 0 Å². The molecule has 2 heterocycles. The summed E-state index contributed by atoms with van der Waals surface area (Å²) in [6.07, 6.45) is 5.69. The van der Waals surface area contributed by atoms with Crippen LogP contribution in [0, 0.1) is 0 Å². The van der Waals surface area contributed by atoms with Gasteiger partial charge < -0.3 is 10.1 Å². The minimum atomic E-state index is -0.358. The van der Waals surface area contributed by atoms with Crippen molar-refractivity contribution in [2.24, 2.45) is 7.05 Å². The molecule has 2 aromatic rings. The lowest BCUT2D eigenvalue weighted by Gasteiger charge is -2.33. The molecule has 3 rings (SSSR count). The molecule has 1 unspecified atom stereocenters. The molecule has 1 saturated heterocycles. The molecule has 1 amide bonds. The van der Waals surface area contributed by atoms with Crippen LogP contribution in [0.2, 0.25) is 0 Å². The van der Waals surface area contributed by atoms with Crippen molar-refractivity contribution in [1.82, 2.24) is 14.7 Å². The number of aromatic nitrogens is 2. The Bertz CT molecular complexity index is 680. The van der Waals surface area contributed by atoms with Gasteiger partial charge in [0, 0.05) is 42.5 Å². The van der Waals surface area contributed by atoms with Gasteiger partial charge in [-0.3, -0.25) is 14.4 Å². The lowest BCUT2D eigenvalue weighted by molar-refractivity contribution is -0.123.